The number of rotatable bonds is 2. The zero-order valence-electron chi connectivity index (χ0n) is 11.6. The van der Waals surface area contributed by atoms with Crippen LogP contribution in [0, 0.1) is 0 Å². The third kappa shape index (κ3) is 2.33. The molecule has 5 N–H and O–H groups in total. The molecule has 1 aliphatic heterocycles. The van der Waals surface area contributed by atoms with Crippen LogP contribution in [0.1, 0.15) is 29.6 Å². The highest BCUT2D eigenvalue weighted by atomic mass is 16.2. The summed E-state index contributed by atoms with van der Waals surface area (Å²) in [6.45, 7) is 0.564. The van der Waals surface area contributed by atoms with Gasteiger partial charge in [0.2, 0.25) is 5.91 Å². The number of nitrogens with zero attached hydrogens (tertiary/aromatic N) is 1. The Morgan fingerprint density at radius 3 is 2.86 bits per heavy atom. The Bertz CT molecular complexity index is 707. The molecule has 21 heavy (non-hydrogen) atoms. The number of likely N-dealkylation sites (tertiary alicyclic amines) is 1. The van der Waals surface area contributed by atoms with Crippen molar-refractivity contribution in [3.63, 3.8) is 0 Å². The summed E-state index contributed by atoms with van der Waals surface area (Å²) in [6.07, 6.45) is 4.11. The van der Waals surface area contributed by atoms with Crippen LogP contribution in [0.5, 0.6) is 0 Å². The second kappa shape index (κ2) is 5.12. The Morgan fingerprint density at radius 1 is 1.29 bits per heavy atom. The number of nitrogens with two attached hydrogens (primary N) is 2. The quantitative estimate of drug-likeness (QED) is 0.723. The smallest absolute Gasteiger partial charge is 0.256 e. The largest absolute Gasteiger partial charge is 0.399 e. The number of hydrogen-bond acceptors (Lipinski definition) is 3. The van der Waals surface area contributed by atoms with Crippen LogP contribution in [-0.4, -0.2) is 34.3 Å². The molecule has 2 heterocycles. The van der Waals surface area contributed by atoms with E-state index in [1.165, 1.54) is 0 Å². The van der Waals surface area contributed by atoms with Gasteiger partial charge in [-0.15, -0.1) is 0 Å². The van der Waals surface area contributed by atoms with Gasteiger partial charge in [0.1, 0.15) is 6.04 Å². The second-order valence-electron chi connectivity index (χ2n) is 5.42. The molecule has 1 unspecified atom stereocenters. The van der Waals surface area contributed by atoms with Gasteiger partial charge in [0.25, 0.3) is 5.91 Å². The molecule has 0 bridgehead atoms. The molecule has 2 aromatic rings. The van der Waals surface area contributed by atoms with Crippen LogP contribution in [0.25, 0.3) is 10.9 Å². The first kappa shape index (κ1) is 13.5. The number of hydrogen-bond donors (Lipinski definition) is 3. The normalized spacial score (nSPS) is 18.9. The van der Waals surface area contributed by atoms with E-state index in [0.29, 0.717) is 24.2 Å². The molecule has 1 saturated heterocycles. The van der Waals surface area contributed by atoms with Crippen molar-refractivity contribution in [3.8, 4) is 0 Å². The number of nitrogen functional groups attached to an aromatic ring is 1. The molecule has 3 rings (SSSR count). The van der Waals surface area contributed by atoms with E-state index in [4.69, 9.17) is 11.5 Å². The molecule has 0 spiro atoms. The van der Waals surface area contributed by atoms with Crippen molar-refractivity contribution < 1.29 is 9.59 Å². The van der Waals surface area contributed by atoms with Gasteiger partial charge in [0, 0.05) is 29.3 Å². The molecule has 6 heteroatoms. The first-order valence-electron chi connectivity index (χ1n) is 7.05. The minimum atomic E-state index is -0.509. The maximum atomic E-state index is 12.7. The van der Waals surface area contributed by atoms with Gasteiger partial charge in [0.15, 0.2) is 0 Å². The van der Waals surface area contributed by atoms with E-state index >= 15 is 0 Å². The number of benzene rings is 1. The van der Waals surface area contributed by atoms with Gasteiger partial charge < -0.3 is 21.4 Å². The van der Waals surface area contributed by atoms with Gasteiger partial charge in [-0.05, 0) is 37.5 Å². The molecule has 0 saturated carbocycles. The minimum Gasteiger partial charge on any atom is -0.399 e. The summed E-state index contributed by atoms with van der Waals surface area (Å²) in [5.41, 5.74) is 13.2. The van der Waals surface area contributed by atoms with Gasteiger partial charge >= 0.3 is 0 Å². The van der Waals surface area contributed by atoms with E-state index in [1.54, 1.807) is 23.2 Å². The van der Waals surface area contributed by atoms with Crippen LogP contribution in [-0.2, 0) is 4.79 Å². The summed E-state index contributed by atoms with van der Waals surface area (Å²) in [7, 11) is 0. The summed E-state index contributed by atoms with van der Waals surface area (Å²) < 4.78 is 0. The van der Waals surface area contributed by atoms with Crippen molar-refractivity contribution in [1.29, 1.82) is 0 Å². The van der Waals surface area contributed by atoms with Gasteiger partial charge in [-0.1, -0.05) is 0 Å². The summed E-state index contributed by atoms with van der Waals surface area (Å²) in [5, 5.41) is 0.808. The lowest BCUT2D eigenvalue weighted by molar-refractivity contribution is -0.123. The molecule has 0 aliphatic carbocycles. The molecule has 1 aromatic carbocycles. The monoisotopic (exact) mass is 286 g/mol. The van der Waals surface area contributed by atoms with Crippen LogP contribution >= 0.6 is 0 Å². The number of nitrogens with one attached hydrogen (secondary N) is 1. The molecular weight excluding hydrogens is 268 g/mol. The zero-order valence-corrected chi connectivity index (χ0v) is 11.6. The van der Waals surface area contributed by atoms with Crippen LogP contribution in [0.2, 0.25) is 0 Å². The Labute approximate surface area is 122 Å². The van der Waals surface area contributed by atoms with Crippen LogP contribution in [0.4, 0.5) is 5.69 Å². The third-order valence-electron chi connectivity index (χ3n) is 4.03. The number of piperidine rings is 1. The van der Waals surface area contributed by atoms with Crippen LogP contribution in [0.15, 0.2) is 24.4 Å². The molecular formula is C15H18N4O2. The number of amides is 2. The maximum Gasteiger partial charge on any atom is 0.256 e. The summed E-state index contributed by atoms with van der Waals surface area (Å²) in [5.74, 6) is -0.596. The number of aromatic amines is 1. The summed E-state index contributed by atoms with van der Waals surface area (Å²) >= 11 is 0. The van der Waals surface area contributed by atoms with Gasteiger partial charge in [-0.25, -0.2) is 0 Å². The van der Waals surface area contributed by atoms with Crippen molar-refractivity contribution in [3.05, 3.63) is 30.0 Å². The van der Waals surface area contributed by atoms with Gasteiger partial charge in [-0.2, -0.15) is 0 Å². The fourth-order valence-corrected chi connectivity index (χ4v) is 2.95. The molecule has 0 radical (unpaired) electrons. The second-order valence-corrected chi connectivity index (χ2v) is 5.42. The fraction of sp³-hybridized carbons (Fsp3) is 0.333. The highest BCUT2D eigenvalue weighted by Gasteiger charge is 2.32. The summed E-state index contributed by atoms with van der Waals surface area (Å²) in [4.78, 5) is 28.9. The van der Waals surface area contributed by atoms with E-state index in [2.05, 4.69) is 4.98 Å². The fourth-order valence-electron chi connectivity index (χ4n) is 2.95. The van der Waals surface area contributed by atoms with E-state index in [9.17, 15) is 9.59 Å². The first-order valence-corrected chi connectivity index (χ1v) is 7.05. The number of primary amides is 1. The Kier molecular flexibility index (Phi) is 3.29. The third-order valence-corrected chi connectivity index (χ3v) is 4.03. The number of fused-ring (bicyclic) bond motifs is 1. The van der Waals surface area contributed by atoms with Gasteiger partial charge in [0.05, 0.1) is 5.56 Å². The molecule has 2 amide bonds. The Hall–Kier alpha value is -2.50. The Morgan fingerprint density at radius 2 is 2.10 bits per heavy atom. The topological polar surface area (TPSA) is 105 Å². The lowest BCUT2D eigenvalue weighted by Crippen LogP contribution is -2.50. The first-order chi connectivity index (χ1) is 10.1. The molecule has 6 nitrogen and oxygen atoms in total. The van der Waals surface area contributed by atoms with Gasteiger partial charge in [-0.3, -0.25) is 9.59 Å². The number of carbonyl (C=O) groups is 2. The van der Waals surface area contributed by atoms with Crippen molar-refractivity contribution in [2.45, 2.75) is 25.3 Å². The lowest BCUT2D eigenvalue weighted by Gasteiger charge is -2.33. The average molecular weight is 286 g/mol. The van der Waals surface area contributed by atoms with E-state index in [0.717, 1.165) is 23.7 Å². The number of H-pyrrole nitrogens is 1. The minimum absolute atomic E-state index is 0.158. The molecule has 110 valence electrons. The lowest BCUT2D eigenvalue weighted by atomic mass is 10.00. The highest BCUT2D eigenvalue weighted by molar-refractivity contribution is 6.08. The predicted molar refractivity (Wildman–Crippen MR) is 80.6 cm³/mol. The average Bonchev–Trinajstić information content (AvgIpc) is 2.89. The standard InChI is InChI=1S/C15H18N4O2/c16-9-4-5-10-11(8-18-12(10)7-9)15(21)19-6-2-1-3-13(19)14(17)20/h4-5,7-8,13,18H,1-3,6,16H2,(H2,17,20). The molecule has 1 aromatic heterocycles. The van der Waals surface area contributed by atoms with Crippen molar-refractivity contribution in [2.24, 2.45) is 5.73 Å². The highest BCUT2D eigenvalue weighted by Crippen LogP contribution is 2.25. The van der Waals surface area contributed by atoms with Crippen LogP contribution < -0.4 is 11.5 Å². The zero-order chi connectivity index (χ0) is 15.0. The van der Waals surface area contributed by atoms with E-state index in [-0.39, 0.29) is 5.91 Å². The molecule has 1 aliphatic rings. The Balaban J connectivity index is 1.97. The number of aromatic nitrogens is 1. The number of anilines is 1. The molecule has 1 fully saturated rings. The predicted octanol–water partition coefficient (Wildman–Crippen LogP) is 1.23. The SMILES string of the molecule is NC(=O)C1CCCCN1C(=O)c1c[nH]c2cc(N)ccc12. The maximum absolute atomic E-state index is 12.7. The number of carbonyl (C=O) groups excluding carboxylic acids is 2. The van der Waals surface area contributed by atoms with Crippen LogP contribution in [0.3, 0.4) is 0 Å². The van der Waals surface area contributed by atoms with Crippen molar-refractivity contribution in [1.82, 2.24) is 9.88 Å². The van der Waals surface area contributed by atoms with Crippen molar-refractivity contribution >= 4 is 28.4 Å². The van der Waals surface area contributed by atoms with E-state index in [1.807, 2.05) is 6.07 Å². The van der Waals surface area contributed by atoms with E-state index < -0.39 is 11.9 Å². The molecule has 1 atom stereocenters. The summed E-state index contributed by atoms with van der Waals surface area (Å²) in [6, 6.07) is 4.85. The van der Waals surface area contributed by atoms with Crippen molar-refractivity contribution in [2.75, 3.05) is 12.3 Å².